The van der Waals surface area contributed by atoms with E-state index >= 15 is 0 Å². The number of likely N-dealkylation sites (tertiary alicyclic amines) is 1. The Hall–Kier alpha value is -2.90. The molecule has 0 saturated carbocycles. The molecule has 6 nitrogen and oxygen atoms in total. The summed E-state index contributed by atoms with van der Waals surface area (Å²) in [7, 11) is 0. The normalized spacial score (nSPS) is 14.6. The highest BCUT2D eigenvalue weighted by atomic mass is 35.5. The quantitative estimate of drug-likeness (QED) is 0.428. The van der Waals surface area contributed by atoms with Crippen molar-refractivity contribution >= 4 is 40.6 Å². The number of rotatable bonds is 4. The van der Waals surface area contributed by atoms with Crippen molar-refractivity contribution in [3.8, 4) is 11.1 Å². The van der Waals surface area contributed by atoms with Gasteiger partial charge in [0.15, 0.2) is 0 Å². The van der Waals surface area contributed by atoms with Crippen molar-refractivity contribution in [2.24, 2.45) is 0 Å². The minimum absolute atomic E-state index is 0.228. The molecule has 34 heavy (non-hydrogen) atoms. The average Bonchev–Trinajstić information content (AvgIpc) is 3.30. The number of hydrogen-bond donors (Lipinski definition) is 1. The second kappa shape index (κ2) is 10.2. The fourth-order valence-electron chi connectivity index (χ4n) is 3.87. The number of thiazole rings is 1. The van der Waals surface area contributed by atoms with E-state index in [0.29, 0.717) is 23.8 Å². The Morgan fingerprint density at radius 1 is 1.09 bits per heavy atom. The van der Waals surface area contributed by atoms with Gasteiger partial charge in [-0.1, -0.05) is 41.9 Å². The van der Waals surface area contributed by atoms with Crippen LogP contribution in [0.1, 0.15) is 55.0 Å². The van der Waals surface area contributed by atoms with Crippen molar-refractivity contribution < 1.29 is 14.3 Å². The van der Waals surface area contributed by atoms with E-state index in [2.05, 4.69) is 10.3 Å². The van der Waals surface area contributed by atoms with Gasteiger partial charge in [-0.25, -0.2) is 9.78 Å². The molecule has 2 aromatic carbocycles. The Morgan fingerprint density at radius 3 is 2.44 bits per heavy atom. The molecule has 1 aromatic heterocycles. The van der Waals surface area contributed by atoms with E-state index in [1.807, 2.05) is 69.3 Å². The predicted octanol–water partition coefficient (Wildman–Crippen LogP) is 6.83. The van der Waals surface area contributed by atoms with E-state index in [9.17, 15) is 9.59 Å². The summed E-state index contributed by atoms with van der Waals surface area (Å²) in [6.07, 6.45) is 1.32. The van der Waals surface area contributed by atoms with E-state index in [1.54, 1.807) is 10.3 Å². The smallest absolute Gasteiger partial charge is 0.410 e. The van der Waals surface area contributed by atoms with Gasteiger partial charge in [-0.05, 0) is 57.4 Å². The monoisotopic (exact) mass is 497 g/mol. The largest absolute Gasteiger partial charge is 0.444 e. The molecule has 2 heterocycles. The van der Waals surface area contributed by atoms with Gasteiger partial charge in [0.05, 0.1) is 5.01 Å². The maximum absolute atomic E-state index is 13.0. The molecule has 0 aliphatic carbocycles. The van der Waals surface area contributed by atoms with Crippen LogP contribution < -0.4 is 5.32 Å². The first-order chi connectivity index (χ1) is 16.2. The number of halogens is 1. The fraction of sp³-hybridized carbons (Fsp3) is 0.346. The predicted molar refractivity (Wildman–Crippen MR) is 137 cm³/mol. The Labute approximate surface area is 208 Å². The minimum atomic E-state index is -0.502. The summed E-state index contributed by atoms with van der Waals surface area (Å²) >= 11 is 7.51. The number of amides is 2. The molecular weight excluding hydrogens is 470 g/mol. The number of piperidine rings is 1. The van der Waals surface area contributed by atoms with Gasteiger partial charge in [-0.15, -0.1) is 11.3 Å². The van der Waals surface area contributed by atoms with Crippen molar-refractivity contribution in [2.45, 2.75) is 45.1 Å². The molecule has 0 spiro atoms. The number of nitrogens with one attached hydrogen (secondary N) is 1. The summed E-state index contributed by atoms with van der Waals surface area (Å²) in [5.41, 5.74) is 2.50. The molecule has 0 bridgehead atoms. The zero-order chi connectivity index (χ0) is 24.3. The number of carbonyl (C=O) groups is 2. The molecule has 8 heteroatoms. The fourth-order valence-corrected chi connectivity index (χ4v) is 4.97. The van der Waals surface area contributed by atoms with Gasteiger partial charge < -0.3 is 15.0 Å². The summed E-state index contributed by atoms with van der Waals surface area (Å²) in [5.74, 6) is -0.0123. The van der Waals surface area contributed by atoms with Crippen LogP contribution in [0.5, 0.6) is 0 Å². The van der Waals surface area contributed by atoms with E-state index in [-0.39, 0.29) is 17.9 Å². The maximum Gasteiger partial charge on any atom is 0.410 e. The number of hydrogen-bond acceptors (Lipinski definition) is 5. The van der Waals surface area contributed by atoms with Crippen LogP contribution in [0, 0.1) is 0 Å². The lowest BCUT2D eigenvalue weighted by Crippen LogP contribution is -2.41. The van der Waals surface area contributed by atoms with Crippen LogP contribution in [0.15, 0.2) is 53.9 Å². The molecule has 0 radical (unpaired) electrons. The molecule has 3 aromatic rings. The van der Waals surface area contributed by atoms with Gasteiger partial charge in [0, 0.05) is 40.7 Å². The first-order valence-electron chi connectivity index (χ1n) is 11.3. The molecule has 1 fully saturated rings. The van der Waals surface area contributed by atoms with E-state index in [1.165, 1.54) is 11.3 Å². The third-order valence-electron chi connectivity index (χ3n) is 5.58. The van der Waals surface area contributed by atoms with Gasteiger partial charge in [-0.3, -0.25) is 4.79 Å². The van der Waals surface area contributed by atoms with Crippen LogP contribution in [0.2, 0.25) is 5.02 Å². The van der Waals surface area contributed by atoms with Crippen LogP contribution in [-0.4, -0.2) is 40.6 Å². The van der Waals surface area contributed by atoms with Crippen LogP contribution in [0.4, 0.5) is 10.5 Å². The summed E-state index contributed by atoms with van der Waals surface area (Å²) in [6.45, 7) is 6.85. The number of anilines is 1. The standard InChI is InChI=1S/C26H28ClN3O3S/c1-26(2,3)33-25(32)30-14-12-18(13-15-30)24-29-22(16-34-24)23(31)28-21-7-5-4-6-20(21)17-8-10-19(27)11-9-17/h4-11,16,18H,12-15H2,1-3H3,(H,28,31). The molecule has 1 aliphatic rings. The molecule has 0 atom stereocenters. The number of carbonyl (C=O) groups excluding carboxylic acids is 2. The molecule has 178 valence electrons. The number of aromatic nitrogens is 1. The Balaban J connectivity index is 1.40. The molecule has 2 amide bonds. The maximum atomic E-state index is 13.0. The first kappa shape index (κ1) is 24.2. The van der Waals surface area contributed by atoms with Crippen molar-refractivity contribution in [3.05, 3.63) is 69.6 Å². The van der Waals surface area contributed by atoms with Gasteiger partial charge >= 0.3 is 6.09 Å². The molecule has 1 aliphatic heterocycles. The first-order valence-corrected chi connectivity index (χ1v) is 12.5. The van der Waals surface area contributed by atoms with Gasteiger partial charge in [0.1, 0.15) is 11.3 Å². The lowest BCUT2D eigenvalue weighted by Gasteiger charge is -2.32. The van der Waals surface area contributed by atoms with Gasteiger partial charge in [0.2, 0.25) is 0 Å². The lowest BCUT2D eigenvalue weighted by atomic mass is 9.98. The molecule has 4 rings (SSSR count). The Morgan fingerprint density at radius 2 is 1.76 bits per heavy atom. The minimum Gasteiger partial charge on any atom is -0.444 e. The Kier molecular flexibility index (Phi) is 7.24. The third-order valence-corrected chi connectivity index (χ3v) is 6.84. The highest BCUT2D eigenvalue weighted by Gasteiger charge is 2.29. The summed E-state index contributed by atoms with van der Waals surface area (Å²) in [5, 5.41) is 6.40. The van der Waals surface area contributed by atoms with Crippen molar-refractivity contribution in [3.63, 3.8) is 0 Å². The molecule has 1 saturated heterocycles. The van der Waals surface area contributed by atoms with Crippen molar-refractivity contribution in [1.29, 1.82) is 0 Å². The average molecular weight is 498 g/mol. The Bertz CT molecular complexity index is 1160. The second-order valence-electron chi connectivity index (χ2n) is 9.32. The van der Waals surface area contributed by atoms with E-state index < -0.39 is 5.60 Å². The van der Waals surface area contributed by atoms with Crippen molar-refractivity contribution in [1.82, 2.24) is 9.88 Å². The molecule has 1 N–H and O–H groups in total. The van der Waals surface area contributed by atoms with Crippen LogP contribution >= 0.6 is 22.9 Å². The van der Waals surface area contributed by atoms with Crippen LogP contribution in [-0.2, 0) is 4.74 Å². The number of para-hydroxylation sites is 1. The zero-order valence-corrected chi connectivity index (χ0v) is 21.1. The summed E-state index contributed by atoms with van der Waals surface area (Å²) in [6, 6.07) is 15.2. The van der Waals surface area contributed by atoms with E-state index in [4.69, 9.17) is 16.3 Å². The SMILES string of the molecule is CC(C)(C)OC(=O)N1CCC(c2nc(C(=O)Nc3ccccc3-c3ccc(Cl)cc3)cs2)CC1. The van der Waals surface area contributed by atoms with Crippen LogP contribution in [0.25, 0.3) is 11.1 Å². The lowest BCUT2D eigenvalue weighted by molar-refractivity contribution is 0.0204. The van der Waals surface area contributed by atoms with Gasteiger partial charge in [-0.2, -0.15) is 0 Å². The zero-order valence-electron chi connectivity index (χ0n) is 19.5. The number of nitrogens with zero attached hydrogens (tertiary/aromatic N) is 2. The second-order valence-corrected chi connectivity index (χ2v) is 10.6. The summed E-state index contributed by atoms with van der Waals surface area (Å²) in [4.78, 5) is 31.6. The molecule has 0 unspecified atom stereocenters. The van der Waals surface area contributed by atoms with Gasteiger partial charge in [0.25, 0.3) is 5.91 Å². The topological polar surface area (TPSA) is 71.5 Å². The number of ether oxygens (including phenoxy) is 1. The highest BCUT2D eigenvalue weighted by molar-refractivity contribution is 7.10. The van der Waals surface area contributed by atoms with E-state index in [0.717, 1.165) is 34.7 Å². The van der Waals surface area contributed by atoms with Crippen molar-refractivity contribution in [2.75, 3.05) is 18.4 Å². The molecular formula is C26H28ClN3O3S. The highest BCUT2D eigenvalue weighted by Crippen LogP contribution is 2.32. The third kappa shape index (κ3) is 5.96. The van der Waals surface area contributed by atoms with Crippen LogP contribution in [0.3, 0.4) is 0 Å². The summed E-state index contributed by atoms with van der Waals surface area (Å²) < 4.78 is 5.47. The number of benzene rings is 2.